The molecule has 1 aromatic rings. The summed E-state index contributed by atoms with van der Waals surface area (Å²) in [5.74, 6) is 0. The van der Waals surface area contributed by atoms with Crippen LogP contribution in [0.15, 0.2) is 12.3 Å². The number of hydrogen-bond donors (Lipinski definition) is 0. The Morgan fingerprint density at radius 3 is 2.67 bits per heavy atom. The molecule has 0 bridgehead atoms. The number of nitrogens with zero attached hydrogens (tertiary/aromatic N) is 2. The smallest absolute Gasteiger partial charge is 0.0605 e. The highest BCUT2D eigenvalue weighted by Gasteiger charge is 2.16. The molecule has 1 aromatic heterocycles. The minimum atomic E-state index is 1.15. The summed E-state index contributed by atoms with van der Waals surface area (Å²) >= 11 is 0. The largest absolute Gasteiger partial charge is 0.370 e. The minimum absolute atomic E-state index is 1.15. The zero-order valence-corrected chi connectivity index (χ0v) is 7.67. The fourth-order valence-electron chi connectivity index (χ4n) is 1.50. The minimum Gasteiger partial charge on any atom is -0.370 e. The molecule has 12 heavy (non-hydrogen) atoms. The van der Waals surface area contributed by atoms with Gasteiger partial charge in [-0.3, -0.25) is 4.98 Å². The van der Waals surface area contributed by atoms with E-state index >= 15 is 0 Å². The summed E-state index contributed by atoms with van der Waals surface area (Å²) in [5.41, 5.74) is 3.73. The molecule has 0 spiro atoms. The first-order valence-electron chi connectivity index (χ1n) is 4.45. The predicted octanol–water partition coefficient (Wildman–Crippen LogP) is 1.91. The lowest BCUT2D eigenvalue weighted by Gasteiger charge is -2.34. The molecule has 2 nitrogen and oxygen atoms in total. The molecule has 1 saturated heterocycles. The maximum absolute atomic E-state index is 4.34. The average molecular weight is 162 g/mol. The third kappa shape index (κ3) is 1.17. The van der Waals surface area contributed by atoms with Crippen molar-refractivity contribution in [3.8, 4) is 0 Å². The number of hydrogen-bond acceptors (Lipinski definition) is 2. The van der Waals surface area contributed by atoms with Crippen molar-refractivity contribution in [2.75, 3.05) is 18.0 Å². The highest BCUT2D eigenvalue weighted by Crippen LogP contribution is 2.23. The number of pyridine rings is 1. The predicted molar refractivity (Wildman–Crippen MR) is 50.5 cm³/mol. The summed E-state index contributed by atoms with van der Waals surface area (Å²) in [6, 6.07) is 2.22. The van der Waals surface area contributed by atoms with E-state index in [0.29, 0.717) is 0 Å². The van der Waals surface area contributed by atoms with E-state index in [2.05, 4.69) is 29.8 Å². The molecular weight excluding hydrogens is 148 g/mol. The number of aryl methyl sites for hydroxylation is 2. The van der Waals surface area contributed by atoms with Crippen LogP contribution in [0.5, 0.6) is 0 Å². The summed E-state index contributed by atoms with van der Waals surface area (Å²) in [4.78, 5) is 6.72. The van der Waals surface area contributed by atoms with Crippen molar-refractivity contribution in [1.82, 2.24) is 4.98 Å². The fraction of sp³-hybridized carbons (Fsp3) is 0.500. The van der Waals surface area contributed by atoms with Gasteiger partial charge >= 0.3 is 0 Å². The van der Waals surface area contributed by atoms with Crippen LogP contribution in [0, 0.1) is 13.8 Å². The van der Waals surface area contributed by atoms with E-state index in [-0.39, 0.29) is 0 Å². The van der Waals surface area contributed by atoms with Crippen LogP contribution in [0.2, 0.25) is 0 Å². The first-order chi connectivity index (χ1) is 5.77. The maximum Gasteiger partial charge on any atom is 0.0605 e. The van der Waals surface area contributed by atoms with Crippen molar-refractivity contribution in [3.63, 3.8) is 0 Å². The fourth-order valence-corrected chi connectivity index (χ4v) is 1.50. The van der Waals surface area contributed by atoms with Crippen LogP contribution < -0.4 is 4.90 Å². The van der Waals surface area contributed by atoms with Crippen molar-refractivity contribution in [3.05, 3.63) is 23.5 Å². The third-order valence-corrected chi connectivity index (χ3v) is 2.39. The van der Waals surface area contributed by atoms with Gasteiger partial charge in [0, 0.05) is 19.3 Å². The highest BCUT2D eigenvalue weighted by molar-refractivity contribution is 5.53. The van der Waals surface area contributed by atoms with Gasteiger partial charge in [0.25, 0.3) is 0 Å². The zero-order chi connectivity index (χ0) is 8.55. The molecule has 1 fully saturated rings. The van der Waals surface area contributed by atoms with Crippen LogP contribution >= 0.6 is 0 Å². The molecule has 0 N–H and O–H groups in total. The van der Waals surface area contributed by atoms with E-state index in [4.69, 9.17) is 0 Å². The molecule has 0 atom stereocenters. The Balaban J connectivity index is 2.34. The molecular formula is C10H14N2. The molecule has 2 heteroatoms. The summed E-state index contributed by atoms with van der Waals surface area (Å²) in [7, 11) is 0. The average Bonchev–Trinajstić information content (AvgIpc) is 1.93. The van der Waals surface area contributed by atoms with Crippen LogP contribution in [-0.4, -0.2) is 18.1 Å². The van der Waals surface area contributed by atoms with E-state index in [0.717, 1.165) is 5.69 Å². The van der Waals surface area contributed by atoms with E-state index in [1.807, 2.05) is 6.20 Å². The van der Waals surface area contributed by atoms with Crippen molar-refractivity contribution in [1.29, 1.82) is 0 Å². The molecule has 0 aromatic carbocycles. The number of anilines is 1. The molecule has 1 aliphatic rings. The topological polar surface area (TPSA) is 16.1 Å². The van der Waals surface area contributed by atoms with E-state index in [1.54, 1.807) is 0 Å². The SMILES string of the molecule is Cc1cnc(C)c(N2CCC2)c1. The summed E-state index contributed by atoms with van der Waals surface area (Å²) in [6.07, 6.45) is 3.26. The zero-order valence-electron chi connectivity index (χ0n) is 7.67. The molecule has 1 aliphatic heterocycles. The second-order valence-corrected chi connectivity index (χ2v) is 3.46. The molecule has 0 saturated carbocycles. The summed E-state index contributed by atoms with van der Waals surface area (Å²) in [5, 5.41) is 0. The van der Waals surface area contributed by atoms with Gasteiger partial charge in [-0.1, -0.05) is 0 Å². The third-order valence-electron chi connectivity index (χ3n) is 2.39. The van der Waals surface area contributed by atoms with Gasteiger partial charge in [0.05, 0.1) is 11.4 Å². The van der Waals surface area contributed by atoms with Gasteiger partial charge in [-0.25, -0.2) is 0 Å². The van der Waals surface area contributed by atoms with Gasteiger partial charge < -0.3 is 4.90 Å². The Labute approximate surface area is 73.2 Å². The van der Waals surface area contributed by atoms with Gasteiger partial charge in [0.1, 0.15) is 0 Å². The first kappa shape index (κ1) is 7.59. The summed E-state index contributed by atoms with van der Waals surface area (Å²) in [6.45, 7) is 6.57. The van der Waals surface area contributed by atoms with Gasteiger partial charge in [-0.2, -0.15) is 0 Å². The van der Waals surface area contributed by atoms with Crippen molar-refractivity contribution < 1.29 is 0 Å². The lowest BCUT2D eigenvalue weighted by Crippen LogP contribution is -2.37. The van der Waals surface area contributed by atoms with Crippen molar-refractivity contribution >= 4 is 5.69 Å². The quantitative estimate of drug-likeness (QED) is 0.627. The van der Waals surface area contributed by atoms with Gasteiger partial charge in [-0.15, -0.1) is 0 Å². The Hall–Kier alpha value is -1.05. The van der Waals surface area contributed by atoms with Crippen LogP contribution in [0.4, 0.5) is 5.69 Å². The van der Waals surface area contributed by atoms with Gasteiger partial charge in [0.15, 0.2) is 0 Å². The first-order valence-corrected chi connectivity index (χ1v) is 4.45. The Kier molecular flexibility index (Phi) is 1.75. The van der Waals surface area contributed by atoms with E-state index in [1.165, 1.54) is 30.8 Å². The molecule has 0 radical (unpaired) electrons. The van der Waals surface area contributed by atoms with E-state index in [9.17, 15) is 0 Å². The van der Waals surface area contributed by atoms with Gasteiger partial charge in [0.2, 0.25) is 0 Å². The normalized spacial score (nSPS) is 16.0. The Morgan fingerprint density at radius 2 is 2.08 bits per heavy atom. The Morgan fingerprint density at radius 1 is 1.33 bits per heavy atom. The van der Waals surface area contributed by atoms with Crippen molar-refractivity contribution in [2.45, 2.75) is 20.3 Å². The molecule has 64 valence electrons. The second-order valence-electron chi connectivity index (χ2n) is 3.46. The maximum atomic E-state index is 4.34. The number of rotatable bonds is 1. The van der Waals surface area contributed by atoms with Crippen LogP contribution in [0.25, 0.3) is 0 Å². The monoisotopic (exact) mass is 162 g/mol. The lowest BCUT2D eigenvalue weighted by atomic mass is 10.1. The van der Waals surface area contributed by atoms with Crippen molar-refractivity contribution in [2.24, 2.45) is 0 Å². The van der Waals surface area contributed by atoms with Crippen LogP contribution in [0.3, 0.4) is 0 Å². The molecule has 0 amide bonds. The Bertz CT molecular complexity index is 290. The highest BCUT2D eigenvalue weighted by atomic mass is 15.2. The van der Waals surface area contributed by atoms with Gasteiger partial charge in [-0.05, 0) is 31.9 Å². The lowest BCUT2D eigenvalue weighted by molar-refractivity contribution is 0.614. The molecule has 2 heterocycles. The molecule has 0 unspecified atom stereocenters. The van der Waals surface area contributed by atoms with E-state index < -0.39 is 0 Å². The summed E-state index contributed by atoms with van der Waals surface area (Å²) < 4.78 is 0. The standard InChI is InChI=1S/C10H14N2/c1-8-6-10(9(2)11-7-8)12-4-3-5-12/h6-7H,3-5H2,1-2H3. The number of aromatic nitrogens is 1. The van der Waals surface area contributed by atoms with Crippen LogP contribution in [0.1, 0.15) is 17.7 Å². The molecule has 2 rings (SSSR count). The van der Waals surface area contributed by atoms with Crippen LogP contribution in [-0.2, 0) is 0 Å². The molecule has 0 aliphatic carbocycles. The second kappa shape index (κ2) is 2.77.